The number of rotatable bonds is 13. The van der Waals surface area contributed by atoms with Gasteiger partial charge >= 0.3 is 0 Å². The van der Waals surface area contributed by atoms with Crippen molar-refractivity contribution in [1.29, 1.82) is 0 Å². The van der Waals surface area contributed by atoms with Gasteiger partial charge in [-0.2, -0.15) is 0 Å². The van der Waals surface area contributed by atoms with E-state index in [9.17, 15) is 13.2 Å². The summed E-state index contributed by atoms with van der Waals surface area (Å²) >= 11 is 0. The predicted molar refractivity (Wildman–Crippen MR) is 135 cm³/mol. The first-order valence-electron chi connectivity index (χ1n) is 11.9. The van der Waals surface area contributed by atoms with Crippen LogP contribution in [-0.4, -0.2) is 77.7 Å². The highest BCUT2D eigenvalue weighted by molar-refractivity contribution is 7.89. The van der Waals surface area contributed by atoms with Crippen molar-refractivity contribution >= 4 is 22.1 Å². The van der Waals surface area contributed by atoms with Crippen molar-refractivity contribution in [1.82, 2.24) is 33.9 Å². The molecule has 0 saturated carbocycles. The highest BCUT2D eigenvalue weighted by atomic mass is 32.2. The zero-order valence-corrected chi connectivity index (χ0v) is 21.6. The zero-order valence-electron chi connectivity index (χ0n) is 20.8. The molecule has 2 N–H and O–H groups in total. The average molecular weight is 517 g/mol. The molecule has 1 aliphatic rings. The zero-order chi connectivity index (χ0) is 25.7. The number of aromatic nitrogens is 5. The van der Waals surface area contributed by atoms with Crippen LogP contribution in [0.3, 0.4) is 0 Å². The molecule has 0 unspecified atom stereocenters. The molecule has 36 heavy (non-hydrogen) atoms. The Kier molecular flexibility index (Phi) is 8.01. The van der Waals surface area contributed by atoms with E-state index < -0.39 is 10.0 Å². The molecule has 0 radical (unpaired) electrons. The van der Waals surface area contributed by atoms with Crippen LogP contribution in [0.4, 0.5) is 5.82 Å². The molecule has 0 bridgehead atoms. The summed E-state index contributed by atoms with van der Waals surface area (Å²) in [5.41, 5.74) is 1.21. The van der Waals surface area contributed by atoms with Crippen molar-refractivity contribution in [3.05, 3.63) is 24.5 Å². The quantitative estimate of drug-likeness (QED) is 0.257. The van der Waals surface area contributed by atoms with Gasteiger partial charge in [0.05, 0.1) is 23.7 Å². The maximum atomic E-state index is 13.1. The molecule has 3 heterocycles. The van der Waals surface area contributed by atoms with Crippen LogP contribution in [-0.2, 0) is 28.0 Å². The van der Waals surface area contributed by atoms with E-state index in [2.05, 4.69) is 20.2 Å². The fraction of sp³-hybridized carbons (Fsp3) is 0.478. The lowest BCUT2D eigenvalue weighted by molar-refractivity contribution is -0.108. The number of aldehydes is 1. The van der Waals surface area contributed by atoms with Gasteiger partial charge in [0.1, 0.15) is 29.9 Å². The van der Waals surface area contributed by atoms with E-state index in [4.69, 9.17) is 9.72 Å². The lowest BCUT2D eigenvalue weighted by Gasteiger charge is -2.18. The Bertz CT molecular complexity index is 1320. The minimum atomic E-state index is -3.76. The highest BCUT2D eigenvalue weighted by Gasteiger charge is 2.29. The fourth-order valence-electron chi connectivity index (χ4n) is 4.00. The van der Waals surface area contributed by atoms with Gasteiger partial charge in [0.2, 0.25) is 10.0 Å². The number of hydrogen-bond acceptors (Lipinski definition) is 9. The Morgan fingerprint density at radius 1 is 1.28 bits per heavy atom. The number of ether oxygens (including phenoxy) is 1. The number of anilines is 1. The number of hydrogen-bond donors (Lipinski definition) is 2. The van der Waals surface area contributed by atoms with Gasteiger partial charge < -0.3 is 24.3 Å². The number of fused-ring (bicyclic) bond motifs is 3. The van der Waals surface area contributed by atoms with Crippen LogP contribution in [0.1, 0.15) is 26.2 Å². The number of carbonyl (C=O) groups excluding carboxylic acids is 1. The third kappa shape index (κ3) is 5.42. The summed E-state index contributed by atoms with van der Waals surface area (Å²) in [4.78, 5) is 18.2. The van der Waals surface area contributed by atoms with Crippen LogP contribution in [0.5, 0.6) is 5.75 Å². The summed E-state index contributed by atoms with van der Waals surface area (Å²) in [6.45, 7) is 4.34. The Hall–Kier alpha value is -3.29. The summed E-state index contributed by atoms with van der Waals surface area (Å²) in [5, 5.41) is 11.5. The molecule has 0 spiro atoms. The van der Waals surface area contributed by atoms with Crippen LogP contribution < -0.4 is 14.8 Å². The topological polar surface area (TPSA) is 136 Å². The monoisotopic (exact) mass is 516 g/mol. The van der Waals surface area contributed by atoms with Crippen molar-refractivity contribution < 1.29 is 17.9 Å². The van der Waals surface area contributed by atoms with Crippen molar-refractivity contribution in [2.75, 3.05) is 39.1 Å². The average Bonchev–Trinajstić information content (AvgIpc) is 3.48. The molecule has 2 aromatic heterocycles. The van der Waals surface area contributed by atoms with E-state index in [-0.39, 0.29) is 11.3 Å². The van der Waals surface area contributed by atoms with Crippen LogP contribution in [0.25, 0.3) is 22.9 Å². The molecule has 3 aromatic rings. The largest absolute Gasteiger partial charge is 0.493 e. The highest BCUT2D eigenvalue weighted by Crippen LogP contribution is 2.39. The number of imidazole rings is 1. The lowest BCUT2D eigenvalue weighted by atomic mass is 10.2. The van der Waals surface area contributed by atoms with Crippen molar-refractivity contribution in [2.45, 2.75) is 44.3 Å². The van der Waals surface area contributed by atoms with Crippen LogP contribution in [0, 0.1) is 0 Å². The van der Waals surface area contributed by atoms with Gasteiger partial charge in [-0.3, -0.25) is 4.57 Å². The SMILES string of the molecule is CCCOc1ccc(S(=O)(=O)NCCCN(C)C)cc1-c1nc2c(n1CCC=O)-c1nncn1CN2. The van der Waals surface area contributed by atoms with Gasteiger partial charge in [-0.25, -0.2) is 18.1 Å². The second-order valence-electron chi connectivity index (χ2n) is 8.76. The Morgan fingerprint density at radius 2 is 2.11 bits per heavy atom. The van der Waals surface area contributed by atoms with Gasteiger partial charge in [-0.05, 0) is 51.7 Å². The molecule has 12 nitrogen and oxygen atoms in total. The molecule has 1 aromatic carbocycles. The van der Waals surface area contributed by atoms with E-state index in [1.54, 1.807) is 18.5 Å². The Balaban J connectivity index is 1.78. The van der Waals surface area contributed by atoms with Crippen LogP contribution in [0.15, 0.2) is 29.4 Å². The standard InChI is InChI=1S/C23H32N8O4S/c1-4-13-35-19-8-7-17(36(33,34)26-9-5-10-29(2)3)14-18(19)22-27-21-20(31(22)11-6-12-32)23-28-25-16-30(23)15-24-21/h7-8,12,14,16,24,26H,4-6,9-11,13,15H2,1-3H3. The second kappa shape index (κ2) is 11.2. The summed E-state index contributed by atoms with van der Waals surface area (Å²) in [6.07, 6.45) is 4.18. The molecule has 0 fully saturated rings. The number of nitrogens with one attached hydrogen (secondary N) is 2. The predicted octanol–water partition coefficient (Wildman–Crippen LogP) is 1.80. The van der Waals surface area contributed by atoms with E-state index >= 15 is 0 Å². The number of benzene rings is 1. The summed E-state index contributed by atoms with van der Waals surface area (Å²) in [7, 11) is 0.131. The molecule has 13 heteroatoms. The minimum Gasteiger partial charge on any atom is -0.493 e. The summed E-state index contributed by atoms with van der Waals surface area (Å²) in [5.74, 6) is 2.21. The van der Waals surface area contributed by atoms with Gasteiger partial charge in [0.15, 0.2) is 11.6 Å². The van der Waals surface area contributed by atoms with E-state index in [1.807, 2.05) is 35.1 Å². The van der Waals surface area contributed by atoms with E-state index in [0.717, 1.165) is 19.3 Å². The maximum absolute atomic E-state index is 13.1. The third-order valence-electron chi connectivity index (χ3n) is 5.72. The van der Waals surface area contributed by atoms with Crippen molar-refractivity contribution in [3.63, 3.8) is 0 Å². The number of sulfonamides is 1. The molecule has 0 amide bonds. The third-order valence-corrected chi connectivity index (χ3v) is 7.18. The smallest absolute Gasteiger partial charge is 0.240 e. The van der Waals surface area contributed by atoms with Crippen LogP contribution >= 0.6 is 0 Å². The summed E-state index contributed by atoms with van der Waals surface area (Å²) in [6, 6.07) is 4.78. The maximum Gasteiger partial charge on any atom is 0.240 e. The number of nitrogens with zero attached hydrogens (tertiary/aromatic N) is 6. The molecule has 0 atom stereocenters. The normalized spacial score (nSPS) is 12.8. The van der Waals surface area contributed by atoms with Crippen LogP contribution in [0.2, 0.25) is 0 Å². The van der Waals surface area contributed by atoms with Gasteiger partial charge in [0.25, 0.3) is 0 Å². The molecule has 0 saturated heterocycles. The molecular formula is C23H32N8O4S. The van der Waals surface area contributed by atoms with Gasteiger partial charge in [-0.15, -0.1) is 10.2 Å². The summed E-state index contributed by atoms with van der Waals surface area (Å²) < 4.78 is 38.6. The molecule has 194 valence electrons. The number of carbonyl (C=O) groups is 1. The fourth-order valence-corrected chi connectivity index (χ4v) is 5.10. The minimum absolute atomic E-state index is 0.116. The van der Waals surface area contributed by atoms with Crippen molar-refractivity contribution in [3.8, 4) is 28.7 Å². The Morgan fingerprint density at radius 3 is 2.86 bits per heavy atom. The van der Waals surface area contributed by atoms with E-state index in [0.29, 0.717) is 67.3 Å². The van der Waals surface area contributed by atoms with Crippen molar-refractivity contribution in [2.24, 2.45) is 0 Å². The molecule has 4 rings (SSSR count). The van der Waals surface area contributed by atoms with E-state index in [1.165, 1.54) is 6.07 Å². The molecule has 1 aliphatic heterocycles. The molecule has 0 aliphatic carbocycles. The first-order chi connectivity index (χ1) is 17.4. The molecular weight excluding hydrogens is 484 g/mol. The van der Waals surface area contributed by atoms with Gasteiger partial charge in [-0.1, -0.05) is 6.92 Å². The second-order valence-corrected chi connectivity index (χ2v) is 10.5. The first-order valence-corrected chi connectivity index (χ1v) is 13.4. The lowest BCUT2D eigenvalue weighted by Crippen LogP contribution is -2.27. The Labute approximate surface area is 210 Å². The van der Waals surface area contributed by atoms with Gasteiger partial charge in [0, 0.05) is 19.5 Å². The first kappa shape index (κ1) is 25.8.